The van der Waals surface area contributed by atoms with Crippen molar-refractivity contribution >= 4 is 34.8 Å². The molecule has 0 heterocycles. The van der Waals surface area contributed by atoms with Gasteiger partial charge >= 0.3 is 0 Å². The molecule has 0 nitrogen and oxygen atoms in total. The first kappa shape index (κ1) is 10.2. The highest BCUT2D eigenvalue weighted by molar-refractivity contribution is 6.66. The summed E-state index contributed by atoms with van der Waals surface area (Å²) in [6.07, 6.45) is 1.91. The Morgan fingerprint density at radius 1 is 1.17 bits per heavy atom. The topological polar surface area (TPSA) is 0 Å². The van der Waals surface area contributed by atoms with E-state index in [4.69, 9.17) is 34.8 Å². The van der Waals surface area contributed by atoms with Gasteiger partial charge in [-0.3, -0.25) is 0 Å². The summed E-state index contributed by atoms with van der Waals surface area (Å²) in [4.78, 5) is 0. The first-order valence-corrected chi connectivity index (χ1v) is 4.64. The standard InChI is InChI=1S/C9H8Cl3/c1-2-7-5-3-4-6-8(7)9(10,11)12/h2-6H,1H3. The molecule has 0 N–H and O–H groups in total. The van der Waals surface area contributed by atoms with Crippen molar-refractivity contribution in [3.63, 3.8) is 0 Å². The van der Waals surface area contributed by atoms with Crippen LogP contribution in [0, 0.1) is 6.42 Å². The number of halogens is 3. The van der Waals surface area contributed by atoms with Gasteiger partial charge in [-0.15, -0.1) is 0 Å². The van der Waals surface area contributed by atoms with E-state index < -0.39 is 3.79 Å². The van der Waals surface area contributed by atoms with Gasteiger partial charge in [-0.2, -0.15) is 0 Å². The van der Waals surface area contributed by atoms with E-state index in [0.717, 1.165) is 11.1 Å². The number of rotatable bonds is 1. The van der Waals surface area contributed by atoms with Gasteiger partial charge in [-0.05, 0) is 12.0 Å². The normalized spacial score (nSPS) is 11.7. The summed E-state index contributed by atoms with van der Waals surface area (Å²) in [7, 11) is 0. The summed E-state index contributed by atoms with van der Waals surface area (Å²) in [6, 6.07) is 7.49. The van der Waals surface area contributed by atoms with Gasteiger partial charge in [0, 0.05) is 5.56 Å². The number of benzene rings is 1. The third-order valence-corrected chi connectivity index (χ3v) is 2.19. The Labute approximate surface area is 87.4 Å². The molecule has 0 unspecified atom stereocenters. The molecule has 0 fully saturated rings. The van der Waals surface area contributed by atoms with Gasteiger partial charge in [0.1, 0.15) is 0 Å². The molecule has 0 aromatic heterocycles. The fraction of sp³-hybridized carbons (Fsp3) is 0.222. The highest BCUT2D eigenvalue weighted by Gasteiger charge is 2.24. The maximum absolute atomic E-state index is 5.75. The molecule has 0 bridgehead atoms. The summed E-state index contributed by atoms with van der Waals surface area (Å²) in [6.45, 7) is 1.91. The van der Waals surface area contributed by atoms with E-state index in [9.17, 15) is 0 Å². The molecule has 1 radical (unpaired) electrons. The fourth-order valence-corrected chi connectivity index (χ4v) is 1.52. The van der Waals surface area contributed by atoms with Crippen LogP contribution in [0.15, 0.2) is 24.3 Å². The zero-order valence-electron chi connectivity index (χ0n) is 6.52. The Morgan fingerprint density at radius 3 is 2.17 bits per heavy atom. The van der Waals surface area contributed by atoms with Crippen LogP contribution < -0.4 is 0 Å². The number of alkyl halides is 3. The molecule has 0 aliphatic heterocycles. The van der Waals surface area contributed by atoms with E-state index >= 15 is 0 Å². The number of hydrogen-bond acceptors (Lipinski definition) is 0. The van der Waals surface area contributed by atoms with Crippen LogP contribution in [0.25, 0.3) is 0 Å². The lowest BCUT2D eigenvalue weighted by Crippen LogP contribution is -2.03. The van der Waals surface area contributed by atoms with E-state index in [2.05, 4.69) is 0 Å². The molecule has 1 aromatic carbocycles. The van der Waals surface area contributed by atoms with Crippen molar-refractivity contribution in [1.29, 1.82) is 0 Å². The fourth-order valence-electron chi connectivity index (χ4n) is 1.01. The van der Waals surface area contributed by atoms with Crippen molar-refractivity contribution < 1.29 is 0 Å². The van der Waals surface area contributed by atoms with Gasteiger partial charge in [0.2, 0.25) is 3.79 Å². The lowest BCUT2D eigenvalue weighted by Gasteiger charge is -2.14. The average Bonchev–Trinajstić information content (AvgIpc) is 2.03. The van der Waals surface area contributed by atoms with Gasteiger partial charge in [-0.25, -0.2) is 0 Å². The van der Waals surface area contributed by atoms with E-state index in [1.165, 1.54) is 0 Å². The van der Waals surface area contributed by atoms with Crippen molar-refractivity contribution in [2.75, 3.05) is 0 Å². The van der Waals surface area contributed by atoms with Gasteiger partial charge in [0.25, 0.3) is 0 Å². The van der Waals surface area contributed by atoms with Crippen molar-refractivity contribution in [2.45, 2.75) is 10.7 Å². The minimum absolute atomic E-state index is 0.720. The Kier molecular flexibility index (Phi) is 3.28. The quantitative estimate of drug-likeness (QED) is 0.628. The maximum Gasteiger partial charge on any atom is 0.216 e. The third-order valence-electron chi connectivity index (χ3n) is 1.58. The van der Waals surface area contributed by atoms with E-state index in [1.54, 1.807) is 0 Å². The third kappa shape index (κ3) is 2.29. The van der Waals surface area contributed by atoms with Crippen LogP contribution in [0.1, 0.15) is 18.1 Å². The summed E-state index contributed by atoms with van der Waals surface area (Å²) in [5.41, 5.74) is 1.68. The SMILES string of the molecule is C[CH]c1ccccc1C(Cl)(Cl)Cl. The van der Waals surface area contributed by atoms with Gasteiger partial charge in [0.05, 0.1) is 0 Å². The zero-order chi connectivity index (χ0) is 9.19. The Hall–Kier alpha value is 0.0900. The molecule has 0 atom stereocenters. The molecule has 1 rings (SSSR count). The van der Waals surface area contributed by atoms with Crippen LogP contribution in [0.4, 0.5) is 0 Å². The van der Waals surface area contributed by atoms with Crippen LogP contribution in [-0.2, 0) is 3.79 Å². The summed E-state index contributed by atoms with van der Waals surface area (Å²) < 4.78 is -1.33. The summed E-state index contributed by atoms with van der Waals surface area (Å²) >= 11 is 17.3. The molecule has 12 heavy (non-hydrogen) atoms. The average molecular weight is 223 g/mol. The van der Waals surface area contributed by atoms with Crippen molar-refractivity contribution in [3.8, 4) is 0 Å². The number of hydrogen-bond donors (Lipinski definition) is 0. The summed E-state index contributed by atoms with van der Waals surface area (Å²) in [5, 5.41) is 0. The van der Waals surface area contributed by atoms with Crippen molar-refractivity contribution in [3.05, 3.63) is 41.8 Å². The molecule has 0 saturated carbocycles. The first-order valence-electron chi connectivity index (χ1n) is 3.51. The van der Waals surface area contributed by atoms with Gasteiger partial charge in [-0.1, -0.05) is 66.0 Å². The lowest BCUT2D eigenvalue weighted by molar-refractivity contribution is 1.19. The molecule has 65 valence electrons. The lowest BCUT2D eigenvalue weighted by atomic mass is 10.1. The second-order valence-electron chi connectivity index (χ2n) is 2.37. The van der Waals surface area contributed by atoms with Crippen LogP contribution in [-0.4, -0.2) is 0 Å². The molecule has 0 aliphatic rings. The predicted molar refractivity (Wildman–Crippen MR) is 54.8 cm³/mol. The van der Waals surface area contributed by atoms with Crippen molar-refractivity contribution in [1.82, 2.24) is 0 Å². The van der Waals surface area contributed by atoms with Gasteiger partial charge in [0.15, 0.2) is 0 Å². The van der Waals surface area contributed by atoms with E-state index in [0.29, 0.717) is 0 Å². The first-order chi connectivity index (χ1) is 5.55. The highest BCUT2D eigenvalue weighted by Crippen LogP contribution is 2.40. The molecule has 0 aliphatic carbocycles. The maximum atomic E-state index is 5.75. The minimum Gasteiger partial charge on any atom is -0.0784 e. The largest absolute Gasteiger partial charge is 0.216 e. The van der Waals surface area contributed by atoms with E-state index in [-0.39, 0.29) is 0 Å². The van der Waals surface area contributed by atoms with Crippen LogP contribution in [0.2, 0.25) is 0 Å². The summed E-state index contributed by atoms with van der Waals surface area (Å²) in [5.74, 6) is 0. The van der Waals surface area contributed by atoms with Crippen LogP contribution in [0.5, 0.6) is 0 Å². The Bertz CT molecular complexity index is 263. The molecule has 3 heteroatoms. The molecule has 0 spiro atoms. The van der Waals surface area contributed by atoms with Crippen LogP contribution in [0.3, 0.4) is 0 Å². The molecular weight excluding hydrogens is 214 g/mol. The Balaban J connectivity index is 3.14. The monoisotopic (exact) mass is 221 g/mol. The molecule has 0 saturated heterocycles. The molecule has 1 aromatic rings. The smallest absolute Gasteiger partial charge is 0.0784 e. The predicted octanol–water partition coefficient (Wildman–Crippen LogP) is 4.09. The van der Waals surface area contributed by atoms with E-state index in [1.807, 2.05) is 37.6 Å². The zero-order valence-corrected chi connectivity index (χ0v) is 8.79. The van der Waals surface area contributed by atoms with Crippen molar-refractivity contribution in [2.24, 2.45) is 0 Å². The van der Waals surface area contributed by atoms with Gasteiger partial charge < -0.3 is 0 Å². The second kappa shape index (κ2) is 3.87. The minimum atomic E-state index is -1.33. The Morgan fingerprint density at radius 2 is 1.75 bits per heavy atom. The highest BCUT2D eigenvalue weighted by atomic mass is 35.6. The van der Waals surface area contributed by atoms with Crippen LogP contribution >= 0.6 is 34.8 Å². The molecular formula is C9H8Cl3. The molecule has 0 amide bonds. The second-order valence-corrected chi connectivity index (χ2v) is 4.65.